The molecule has 0 aliphatic rings. The predicted molar refractivity (Wildman–Crippen MR) is 46.9 cm³/mol. The summed E-state index contributed by atoms with van der Waals surface area (Å²) in [4.78, 5) is 10.6. The fourth-order valence-corrected chi connectivity index (χ4v) is 0.778. The van der Waals surface area contributed by atoms with Gasteiger partial charge in [0.1, 0.15) is 0 Å². The summed E-state index contributed by atoms with van der Waals surface area (Å²) in [6.45, 7) is 6.92. The number of allylic oxidation sites excluding steroid dienone is 2. The highest BCUT2D eigenvalue weighted by molar-refractivity contribution is 5.77. The van der Waals surface area contributed by atoms with E-state index in [-0.39, 0.29) is 0 Å². The average Bonchev–Trinajstić information content (AvgIpc) is 2.03. The zero-order valence-electron chi connectivity index (χ0n) is 6.99. The third-order valence-electron chi connectivity index (χ3n) is 1.31. The van der Waals surface area contributed by atoms with E-state index in [2.05, 4.69) is 13.2 Å². The Kier molecular flexibility index (Phi) is 4.72. The van der Waals surface area contributed by atoms with Gasteiger partial charge in [0.25, 0.3) is 0 Å². The molecule has 0 aliphatic carbocycles. The molecule has 0 heterocycles. The summed E-state index contributed by atoms with van der Waals surface area (Å²) < 4.78 is 4.73. The minimum absolute atomic E-state index is 0.486. The first-order chi connectivity index (χ1) is 5.67. The maximum absolute atomic E-state index is 10.6. The van der Waals surface area contributed by atoms with Crippen LogP contribution in [-0.4, -0.2) is 24.3 Å². The molecule has 0 bridgehead atoms. The van der Waals surface area contributed by atoms with Gasteiger partial charge in [-0.1, -0.05) is 31.4 Å². The van der Waals surface area contributed by atoms with E-state index in [0.29, 0.717) is 5.57 Å². The number of aliphatic carboxylic acids is 1. The molecule has 12 heavy (non-hydrogen) atoms. The maximum Gasteiger partial charge on any atom is 0.337 e. The van der Waals surface area contributed by atoms with Gasteiger partial charge in [-0.05, 0) is 5.57 Å². The molecule has 3 heteroatoms. The van der Waals surface area contributed by atoms with Crippen LogP contribution < -0.4 is 0 Å². The van der Waals surface area contributed by atoms with Crippen molar-refractivity contribution in [1.82, 2.24) is 0 Å². The highest BCUT2D eigenvalue weighted by atomic mass is 16.5. The molecule has 0 saturated carbocycles. The number of carboxylic acid groups (broad SMARTS) is 1. The lowest BCUT2D eigenvalue weighted by atomic mass is 10.1. The first-order valence-corrected chi connectivity index (χ1v) is 3.38. The standard InChI is InChI=1S/C9H12O3/c1-4-6-7(5-2)8(12-3)9(10)11/h4-6,8H,1-2H2,3H3,(H,10,11)/b7-6+. The molecule has 3 nitrogen and oxygen atoms in total. The molecule has 0 aromatic carbocycles. The first-order valence-electron chi connectivity index (χ1n) is 3.38. The van der Waals surface area contributed by atoms with Crippen molar-refractivity contribution in [1.29, 1.82) is 0 Å². The molecule has 0 spiro atoms. The van der Waals surface area contributed by atoms with Gasteiger partial charge in [-0.25, -0.2) is 4.79 Å². The van der Waals surface area contributed by atoms with Gasteiger partial charge in [-0.3, -0.25) is 0 Å². The molecule has 0 amide bonds. The topological polar surface area (TPSA) is 46.5 Å². The SMILES string of the molecule is C=C/C=C(\C=C)C(OC)C(=O)O. The Balaban J connectivity index is 4.66. The zero-order chi connectivity index (χ0) is 9.56. The number of rotatable bonds is 5. The minimum atomic E-state index is -1.04. The summed E-state index contributed by atoms with van der Waals surface area (Å²) >= 11 is 0. The fourth-order valence-electron chi connectivity index (χ4n) is 0.778. The van der Waals surface area contributed by atoms with Crippen LogP contribution in [0.3, 0.4) is 0 Å². The molecule has 1 unspecified atom stereocenters. The molecule has 66 valence electrons. The van der Waals surface area contributed by atoms with Crippen LogP contribution in [0, 0.1) is 0 Å². The summed E-state index contributed by atoms with van der Waals surface area (Å²) in [6, 6.07) is 0. The van der Waals surface area contributed by atoms with E-state index in [1.165, 1.54) is 19.3 Å². The van der Waals surface area contributed by atoms with Crippen LogP contribution in [0.25, 0.3) is 0 Å². The summed E-state index contributed by atoms with van der Waals surface area (Å²) in [5.74, 6) is -1.04. The lowest BCUT2D eigenvalue weighted by molar-refractivity contribution is -0.145. The van der Waals surface area contributed by atoms with Crippen molar-refractivity contribution in [3.05, 3.63) is 37.0 Å². The van der Waals surface area contributed by atoms with E-state index in [0.717, 1.165) is 0 Å². The molecular weight excluding hydrogens is 156 g/mol. The van der Waals surface area contributed by atoms with E-state index >= 15 is 0 Å². The van der Waals surface area contributed by atoms with E-state index in [1.807, 2.05) is 0 Å². The summed E-state index contributed by atoms with van der Waals surface area (Å²) in [5, 5.41) is 8.65. The third kappa shape index (κ3) is 2.72. The van der Waals surface area contributed by atoms with Crippen molar-refractivity contribution in [2.45, 2.75) is 6.10 Å². The fraction of sp³-hybridized carbons (Fsp3) is 0.222. The molecular formula is C9H12O3. The highest BCUT2D eigenvalue weighted by Gasteiger charge is 2.18. The number of ether oxygens (including phenoxy) is 1. The maximum atomic E-state index is 10.6. The normalized spacial score (nSPS) is 13.6. The van der Waals surface area contributed by atoms with E-state index in [4.69, 9.17) is 9.84 Å². The van der Waals surface area contributed by atoms with Gasteiger partial charge in [0.15, 0.2) is 6.10 Å². The van der Waals surface area contributed by atoms with Crippen LogP contribution in [0.4, 0.5) is 0 Å². The molecule has 0 rings (SSSR count). The minimum Gasteiger partial charge on any atom is -0.479 e. The Hall–Kier alpha value is -1.35. The number of carboxylic acids is 1. The largest absolute Gasteiger partial charge is 0.479 e. The second-order valence-electron chi connectivity index (χ2n) is 2.06. The molecule has 0 aromatic heterocycles. The van der Waals surface area contributed by atoms with Gasteiger partial charge in [0, 0.05) is 7.11 Å². The Morgan fingerprint density at radius 1 is 1.58 bits per heavy atom. The molecule has 0 radical (unpaired) electrons. The molecule has 0 fully saturated rings. The van der Waals surface area contributed by atoms with Crippen molar-refractivity contribution in [3.63, 3.8) is 0 Å². The monoisotopic (exact) mass is 168 g/mol. The first kappa shape index (κ1) is 10.7. The third-order valence-corrected chi connectivity index (χ3v) is 1.31. The van der Waals surface area contributed by atoms with Crippen molar-refractivity contribution < 1.29 is 14.6 Å². The van der Waals surface area contributed by atoms with Crippen molar-refractivity contribution in [3.8, 4) is 0 Å². The predicted octanol–water partition coefficient (Wildman–Crippen LogP) is 1.38. The average molecular weight is 168 g/mol. The van der Waals surface area contributed by atoms with E-state index < -0.39 is 12.1 Å². The second-order valence-corrected chi connectivity index (χ2v) is 2.06. The molecule has 0 saturated heterocycles. The number of hydrogen-bond donors (Lipinski definition) is 1. The number of carbonyl (C=O) groups is 1. The van der Waals surface area contributed by atoms with Crippen LogP contribution in [0.1, 0.15) is 0 Å². The van der Waals surface area contributed by atoms with Gasteiger partial charge in [0.2, 0.25) is 0 Å². The van der Waals surface area contributed by atoms with Crippen LogP contribution in [-0.2, 0) is 9.53 Å². The lowest BCUT2D eigenvalue weighted by Gasteiger charge is -2.10. The smallest absolute Gasteiger partial charge is 0.337 e. The summed E-state index contributed by atoms with van der Waals surface area (Å²) in [6.07, 6.45) is 3.52. The molecule has 0 aliphatic heterocycles. The number of hydrogen-bond acceptors (Lipinski definition) is 2. The lowest BCUT2D eigenvalue weighted by Crippen LogP contribution is -2.23. The Morgan fingerprint density at radius 3 is 2.42 bits per heavy atom. The summed E-state index contributed by atoms with van der Waals surface area (Å²) in [5.41, 5.74) is 0.486. The van der Waals surface area contributed by atoms with Crippen LogP contribution in [0.5, 0.6) is 0 Å². The van der Waals surface area contributed by atoms with Gasteiger partial charge >= 0.3 is 5.97 Å². The highest BCUT2D eigenvalue weighted by Crippen LogP contribution is 2.07. The van der Waals surface area contributed by atoms with Gasteiger partial charge < -0.3 is 9.84 Å². The molecule has 1 N–H and O–H groups in total. The van der Waals surface area contributed by atoms with Gasteiger partial charge in [0.05, 0.1) is 0 Å². The quantitative estimate of drug-likeness (QED) is 0.631. The molecule has 1 atom stereocenters. The number of methoxy groups -OCH3 is 1. The van der Waals surface area contributed by atoms with E-state index in [9.17, 15) is 4.79 Å². The Labute approximate surface area is 71.7 Å². The van der Waals surface area contributed by atoms with Crippen molar-refractivity contribution in [2.24, 2.45) is 0 Å². The summed E-state index contributed by atoms with van der Waals surface area (Å²) in [7, 11) is 1.33. The zero-order valence-corrected chi connectivity index (χ0v) is 6.99. The van der Waals surface area contributed by atoms with Crippen molar-refractivity contribution in [2.75, 3.05) is 7.11 Å². The second kappa shape index (κ2) is 5.32. The van der Waals surface area contributed by atoms with Gasteiger partial charge in [-0.2, -0.15) is 0 Å². The Bertz CT molecular complexity index is 216. The van der Waals surface area contributed by atoms with Crippen molar-refractivity contribution >= 4 is 5.97 Å². The van der Waals surface area contributed by atoms with Crippen LogP contribution in [0.15, 0.2) is 37.0 Å². The van der Waals surface area contributed by atoms with E-state index in [1.54, 1.807) is 6.08 Å². The van der Waals surface area contributed by atoms with Crippen LogP contribution in [0.2, 0.25) is 0 Å². The molecule has 0 aromatic rings. The van der Waals surface area contributed by atoms with Gasteiger partial charge in [-0.15, -0.1) is 0 Å². The Morgan fingerprint density at radius 2 is 2.17 bits per heavy atom. The van der Waals surface area contributed by atoms with Crippen LogP contribution >= 0.6 is 0 Å².